The van der Waals surface area contributed by atoms with Gasteiger partial charge in [0.15, 0.2) is 0 Å². The predicted molar refractivity (Wildman–Crippen MR) is 90.9 cm³/mol. The Bertz CT molecular complexity index is 580. The first-order chi connectivity index (χ1) is 10.0. The Balaban J connectivity index is 2.46. The molecule has 0 saturated heterocycles. The van der Waals surface area contributed by atoms with E-state index in [1.165, 1.54) is 6.07 Å². The summed E-state index contributed by atoms with van der Waals surface area (Å²) in [6.07, 6.45) is 2.80. The Morgan fingerprint density at radius 1 is 1.29 bits per heavy atom. The van der Waals surface area contributed by atoms with Crippen molar-refractivity contribution >= 4 is 31.9 Å². The molecule has 0 spiro atoms. The molecule has 0 aliphatic heterocycles. The number of hydrogen-bond donors (Lipinski definition) is 1. The van der Waals surface area contributed by atoms with Crippen LogP contribution in [-0.2, 0) is 0 Å². The number of pyridine rings is 1. The van der Waals surface area contributed by atoms with E-state index < -0.39 is 0 Å². The van der Waals surface area contributed by atoms with Gasteiger partial charge in [-0.3, -0.25) is 4.98 Å². The molecule has 2 aromatic rings. The molecule has 0 bridgehead atoms. The van der Waals surface area contributed by atoms with Gasteiger partial charge in [0.1, 0.15) is 5.82 Å². The fraction of sp³-hybridized carbons (Fsp3) is 0.312. The van der Waals surface area contributed by atoms with Crippen molar-refractivity contribution in [2.75, 3.05) is 6.54 Å². The van der Waals surface area contributed by atoms with Crippen LogP contribution in [0, 0.1) is 12.7 Å². The van der Waals surface area contributed by atoms with E-state index in [1.807, 2.05) is 19.1 Å². The van der Waals surface area contributed by atoms with E-state index in [9.17, 15) is 4.39 Å². The molecule has 1 aromatic heterocycles. The molecule has 0 amide bonds. The molecule has 0 saturated carbocycles. The molecule has 1 aromatic carbocycles. The second-order valence-corrected chi connectivity index (χ2v) is 6.68. The summed E-state index contributed by atoms with van der Waals surface area (Å²) < 4.78 is 15.2. The summed E-state index contributed by atoms with van der Waals surface area (Å²) >= 11 is 6.99. The summed E-state index contributed by atoms with van der Waals surface area (Å²) in [5.74, 6) is -0.215. The van der Waals surface area contributed by atoms with E-state index in [2.05, 4.69) is 49.1 Å². The standard InChI is InChI=1S/C16H17Br2FN2/c1-3-6-20-15(13-5-4-12(19)7-10(13)2)16-14(18)8-11(17)9-21-16/h4-5,7-9,15,20H,3,6H2,1-2H3. The van der Waals surface area contributed by atoms with Crippen LogP contribution < -0.4 is 5.32 Å². The summed E-state index contributed by atoms with van der Waals surface area (Å²) in [4.78, 5) is 4.52. The SMILES string of the molecule is CCCNC(c1ccc(F)cc1C)c1ncc(Br)cc1Br. The zero-order valence-electron chi connectivity index (χ0n) is 12.0. The highest BCUT2D eigenvalue weighted by Gasteiger charge is 2.20. The Morgan fingerprint density at radius 3 is 2.67 bits per heavy atom. The number of nitrogens with zero attached hydrogens (tertiary/aromatic N) is 1. The minimum atomic E-state index is -0.215. The first kappa shape index (κ1) is 16.6. The van der Waals surface area contributed by atoms with Crippen LogP contribution in [0.2, 0.25) is 0 Å². The van der Waals surface area contributed by atoms with Gasteiger partial charge in [0.2, 0.25) is 0 Å². The van der Waals surface area contributed by atoms with E-state index in [4.69, 9.17) is 0 Å². The average Bonchev–Trinajstić information content (AvgIpc) is 2.42. The molecule has 112 valence electrons. The average molecular weight is 416 g/mol. The van der Waals surface area contributed by atoms with Gasteiger partial charge in [-0.1, -0.05) is 13.0 Å². The summed E-state index contributed by atoms with van der Waals surface area (Å²) in [7, 11) is 0. The number of halogens is 3. The Kier molecular flexibility index (Phi) is 5.90. The van der Waals surface area contributed by atoms with E-state index in [1.54, 1.807) is 12.3 Å². The molecule has 0 radical (unpaired) electrons. The number of aryl methyl sites for hydroxylation is 1. The maximum atomic E-state index is 13.3. The monoisotopic (exact) mass is 414 g/mol. The lowest BCUT2D eigenvalue weighted by Gasteiger charge is -2.21. The van der Waals surface area contributed by atoms with Crippen LogP contribution >= 0.6 is 31.9 Å². The van der Waals surface area contributed by atoms with Crippen molar-refractivity contribution in [2.24, 2.45) is 0 Å². The summed E-state index contributed by atoms with van der Waals surface area (Å²) in [6, 6.07) is 6.79. The van der Waals surface area contributed by atoms with Crippen molar-refractivity contribution in [1.29, 1.82) is 0 Å². The number of hydrogen-bond acceptors (Lipinski definition) is 2. The zero-order chi connectivity index (χ0) is 15.4. The second-order valence-electron chi connectivity index (χ2n) is 4.91. The van der Waals surface area contributed by atoms with Crippen LogP contribution in [0.1, 0.15) is 36.2 Å². The van der Waals surface area contributed by atoms with Crippen LogP contribution in [0.5, 0.6) is 0 Å². The third-order valence-electron chi connectivity index (χ3n) is 3.25. The van der Waals surface area contributed by atoms with Crippen LogP contribution in [0.4, 0.5) is 4.39 Å². The second kappa shape index (κ2) is 7.47. The third kappa shape index (κ3) is 4.11. The Morgan fingerprint density at radius 2 is 2.05 bits per heavy atom. The smallest absolute Gasteiger partial charge is 0.123 e. The highest BCUT2D eigenvalue weighted by Crippen LogP contribution is 2.30. The number of benzene rings is 1. The van der Waals surface area contributed by atoms with Gasteiger partial charge in [-0.2, -0.15) is 0 Å². The number of nitrogens with one attached hydrogen (secondary N) is 1. The maximum absolute atomic E-state index is 13.3. The number of rotatable bonds is 5. The minimum absolute atomic E-state index is 0.0620. The zero-order valence-corrected chi connectivity index (χ0v) is 15.1. The molecule has 1 N–H and O–H groups in total. The van der Waals surface area contributed by atoms with Gasteiger partial charge in [-0.25, -0.2) is 4.39 Å². The molecule has 21 heavy (non-hydrogen) atoms. The first-order valence-electron chi connectivity index (χ1n) is 6.83. The van der Waals surface area contributed by atoms with E-state index >= 15 is 0 Å². The van der Waals surface area contributed by atoms with Crippen LogP contribution in [0.15, 0.2) is 39.4 Å². The minimum Gasteiger partial charge on any atom is -0.305 e. The van der Waals surface area contributed by atoms with E-state index in [-0.39, 0.29) is 11.9 Å². The van der Waals surface area contributed by atoms with Crippen LogP contribution in [0.3, 0.4) is 0 Å². The molecule has 2 nitrogen and oxygen atoms in total. The molecule has 0 aliphatic carbocycles. The van der Waals surface area contributed by atoms with Gasteiger partial charge in [-0.15, -0.1) is 0 Å². The normalized spacial score (nSPS) is 12.4. The lowest BCUT2D eigenvalue weighted by atomic mass is 9.98. The van der Waals surface area contributed by atoms with Gasteiger partial charge in [0.05, 0.1) is 11.7 Å². The van der Waals surface area contributed by atoms with E-state index in [0.29, 0.717) is 0 Å². The van der Waals surface area contributed by atoms with E-state index in [0.717, 1.165) is 38.7 Å². The summed E-state index contributed by atoms with van der Waals surface area (Å²) in [5.41, 5.74) is 2.86. The van der Waals surface area contributed by atoms with Gasteiger partial charge in [0, 0.05) is 15.1 Å². The predicted octanol–water partition coefficient (Wildman–Crippen LogP) is 5.14. The van der Waals surface area contributed by atoms with Crippen molar-refractivity contribution in [1.82, 2.24) is 10.3 Å². The number of aromatic nitrogens is 1. The molecule has 0 aliphatic rings. The first-order valence-corrected chi connectivity index (χ1v) is 8.42. The lowest BCUT2D eigenvalue weighted by Crippen LogP contribution is -2.25. The molecule has 5 heteroatoms. The quantitative estimate of drug-likeness (QED) is 0.730. The van der Waals surface area contributed by atoms with Gasteiger partial charge < -0.3 is 5.32 Å². The highest BCUT2D eigenvalue weighted by molar-refractivity contribution is 9.11. The van der Waals surface area contributed by atoms with Crippen molar-refractivity contribution in [3.05, 3.63) is 62.0 Å². The molecular formula is C16H17Br2FN2. The fourth-order valence-electron chi connectivity index (χ4n) is 2.24. The van der Waals surface area contributed by atoms with Crippen molar-refractivity contribution in [2.45, 2.75) is 26.3 Å². The van der Waals surface area contributed by atoms with Crippen molar-refractivity contribution in [3.63, 3.8) is 0 Å². The Labute approximate surface area is 141 Å². The van der Waals surface area contributed by atoms with Gasteiger partial charge in [0.25, 0.3) is 0 Å². The van der Waals surface area contributed by atoms with Crippen molar-refractivity contribution in [3.8, 4) is 0 Å². The lowest BCUT2D eigenvalue weighted by molar-refractivity contribution is 0.577. The highest BCUT2D eigenvalue weighted by atomic mass is 79.9. The summed E-state index contributed by atoms with van der Waals surface area (Å²) in [6.45, 7) is 4.91. The van der Waals surface area contributed by atoms with Crippen molar-refractivity contribution < 1.29 is 4.39 Å². The van der Waals surface area contributed by atoms with Gasteiger partial charge in [-0.05, 0) is 81.1 Å². The molecule has 1 atom stereocenters. The molecule has 1 unspecified atom stereocenters. The molecule has 1 heterocycles. The molecular weight excluding hydrogens is 399 g/mol. The van der Waals surface area contributed by atoms with Crippen LogP contribution in [-0.4, -0.2) is 11.5 Å². The largest absolute Gasteiger partial charge is 0.305 e. The topological polar surface area (TPSA) is 24.9 Å². The summed E-state index contributed by atoms with van der Waals surface area (Å²) in [5, 5.41) is 3.49. The fourth-order valence-corrected chi connectivity index (χ4v) is 3.46. The Hall–Kier alpha value is -0.780. The maximum Gasteiger partial charge on any atom is 0.123 e. The van der Waals surface area contributed by atoms with Crippen LogP contribution in [0.25, 0.3) is 0 Å². The molecule has 2 rings (SSSR count). The third-order valence-corrected chi connectivity index (χ3v) is 4.32. The molecule has 0 fully saturated rings. The van der Waals surface area contributed by atoms with Gasteiger partial charge >= 0.3 is 0 Å².